The smallest absolute Gasteiger partial charge is 0.311 e. The molecule has 0 spiro atoms. The third kappa shape index (κ3) is 15.5. The third-order valence-electron chi connectivity index (χ3n) is 15.1. The van der Waals surface area contributed by atoms with E-state index in [1.165, 1.54) is 6.92 Å². The molecule has 1 unspecified atom stereocenters. The predicted octanol–water partition coefficient (Wildman–Crippen LogP) is 8.39. The van der Waals surface area contributed by atoms with Gasteiger partial charge in [-0.15, -0.1) is 0 Å². The van der Waals surface area contributed by atoms with Crippen molar-refractivity contribution in [1.29, 1.82) is 0 Å². The first-order valence-corrected chi connectivity index (χ1v) is 33.4. The summed E-state index contributed by atoms with van der Waals surface area (Å²) in [6.07, 6.45) is -2.93. The summed E-state index contributed by atoms with van der Waals surface area (Å²) in [5.74, 6) is -4.82. The van der Waals surface area contributed by atoms with Crippen LogP contribution in [0.2, 0.25) is 39.3 Å². The zero-order chi connectivity index (χ0) is 53.1. The summed E-state index contributed by atoms with van der Waals surface area (Å²) in [4.78, 5) is 23.5. The number of aliphatic hydroxyl groups excluding tert-OH is 1. The number of rotatable bonds is 15. The number of likely N-dealkylation sites (N-methyl/N-ethyl adjacent to an activating group) is 1. The Labute approximate surface area is 425 Å². The van der Waals surface area contributed by atoms with Gasteiger partial charge in [0.05, 0.1) is 65.6 Å². The molecule has 3 aliphatic heterocycles. The highest BCUT2D eigenvalue weighted by Crippen LogP contribution is 2.43. The Kier molecular flexibility index (Phi) is 21.3. The van der Waals surface area contributed by atoms with Gasteiger partial charge in [-0.1, -0.05) is 39.3 Å². The van der Waals surface area contributed by atoms with E-state index in [1.54, 1.807) is 34.8 Å². The highest BCUT2D eigenvalue weighted by Gasteiger charge is 2.55. The van der Waals surface area contributed by atoms with Crippen molar-refractivity contribution in [2.24, 2.45) is 28.8 Å². The van der Waals surface area contributed by atoms with E-state index < -0.39 is 124 Å². The lowest BCUT2D eigenvalue weighted by Gasteiger charge is -2.51. The molecule has 3 N–H and O–H groups in total. The first-order chi connectivity index (χ1) is 32.1. The van der Waals surface area contributed by atoms with Crippen molar-refractivity contribution in [1.82, 2.24) is 4.90 Å². The van der Waals surface area contributed by atoms with Gasteiger partial charge in [0.25, 0.3) is 0 Å². The number of oxime groups is 1. The predicted molar refractivity (Wildman–Crippen MR) is 276 cm³/mol. The van der Waals surface area contributed by atoms with Crippen LogP contribution < -0.4 is 0 Å². The summed E-state index contributed by atoms with van der Waals surface area (Å²) in [7, 11) is 1.42. The Morgan fingerprint density at radius 1 is 0.829 bits per heavy atom. The summed E-state index contributed by atoms with van der Waals surface area (Å²) in [6, 6.07) is -0.0774. The largest absolute Gasteiger partial charge is 0.459 e. The van der Waals surface area contributed by atoms with Crippen LogP contribution in [-0.2, 0) is 51.6 Å². The molecule has 0 aromatic carbocycles. The molecule has 16 nitrogen and oxygen atoms in total. The molecular formula is C52H100N2O14Si2. The van der Waals surface area contributed by atoms with E-state index in [9.17, 15) is 20.1 Å². The maximum atomic E-state index is 14.8. The SMILES string of the molecule is CC[C@H]1OC(=O)[C@H](C)[C@@H](OC2C[C@@](C)(OC)[C@@H](O[Si](C)(C)C)[C@H](C)O2)[C@H](C)[C@@H](O[C@@H]2O[C@H](C)C[C@H](N(C)C)[C@H]2O[Si](C)(C)C)[C@@](C)(O)C[C@@H](C)/C(=N\OC2(OC(C)C)CCCCC2)[C@H](C)[C@@H](O)[C@]1(C)O. The van der Waals surface area contributed by atoms with E-state index in [4.69, 9.17) is 52.0 Å². The van der Waals surface area contributed by atoms with Crippen LogP contribution >= 0.6 is 0 Å². The van der Waals surface area contributed by atoms with Gasteiger partial charge in [0.2, 0.25) is 5.79 Å². The number of carbonyl (C=O) groups excluding carboxylic acids is 1. The molecule has 0 aromatic heterocycles. The Bertz CT molecular complexity index is 1680. The number of esters is 1. The monoisotopic (exact) mass is 1030 g/mol. The number of hydrogen-bond donors (Lipinski definition) is 3. The minimum Gasteiger partial charge on any atom is -0.459 e. The number of aliphatic hydroxyl groups is 3. The fourth-order valence-corrected chi connectivity index (χ4v) is 13.9. The molecule has 4 rings (SSSR count). The molecule has 70 heavy (non-hydrogen) atoms. The summed E-state index contributed by atoms with van der Waals surface area (Å²) >= 11 is 0. The highest BCUT2D eigenvalue weighted by molar-refractivity contribution is 6.70. The second-order valence-electron chi connectivity index (χ2n) is 24.7. The van der Waals surface area contributed by atoms with Crippen LogP contribution in [-0.4, -0.2) is 166 Å². The molecule has 1 aliphatic carbocycles. The van der Waals surface area contributed by atoms with Gasteiger partial charge >= 0.3 is 5.97 Å². The molecule has 3 heterocycles. The molecule has 18 heteroatoms. The van der Waals surface area contributed by atoms with Gasteiger partial charge in [-0.2, -0.15) is 0 Å². The molecule has 18 atom stereocenters. The Hall–Kier alpha value is -1.11. The molecule has 0 radical (unpaired) electrons. The molecule has 4 fully saturated rings. The van der Waals surface area contributed by atoms with E-state index in [1.807, 2.05) is 62.6 Å². The standard InChI is InChI=1S/C52H100N2O14Si2/c1-22-39-51(12,58)44(55)34(6)41(53-68-52(65-31(2)3)26-24-23-25-27-52)32(4)29-49(10,57)45(64-48-43(66-69(16,17)18)38(54(13)14)28-33(5)60-48)35(7)42(36(8)47(56)62-39)63-40-30-50(11,59-15)46(37(9)61-40)67-70(19,20)21/h31-40,42-46,48,55,57-58H,22-30H2,1-21H3/b53-41+/t32-,33-,34+,35+,36-,37+,38+,39-,40?,42+,43-,44-,45-,46+,48+,49+,50-,51-/m1/s1. The fourth-order valence-electron chi connectivity index (χ4n) is 11.6. The van der Waals surface area contributed by atoms with Crippen LogP contribution in [0.15, 0.2) is 5.16 Å². The Morgan fingerprint density at radius 2 is 1.43 bits per heavy atom. The zero-order valence-corrected chi connectivity index (χ0v) is 49.3. The fraction of sp³-hybridized carbons (Fsp3) is 0.962. The Morgan fingerprint density at radius 3 is 1.96 bits per heavy atom. The molecule has 0 amide bonds. The number of ether oxygens (including phenoxy) is 7. The van der Waals surface area contributed by atoms with Gasteiger partial charge in [0.15, 0.2) is 29.2 Å². The molecular weight excluding hydrogens is 933 g/mol. The molecule has 0 bridgehead atoms. The van der Waals surface area contributed by atoms with E-state index in [0.717, 1.165) is 19.3 Å². The maximum Gasteiger partial charge on any atom is 0.311 e. The number of carbonyl (C=O) groups is 1. The first kappa shape index (κ1) is 61.4. The summed E-state index contributed by atoms with van der Waals surface area (Å²) in [5, 5.41) is 43.0. The van der Waals surface area contributed by atoms with Crippen LogP contribution in [0.25, 0.3) is 0 Å². The van der Waals surface area contributed by atoms with Gasteiger partial charge in [-0.05, 0) is 141 Å². The van der Waals surface area contributed by atoms with Crippen molar-refractivity contribution >= 4 is 28.3 Å². The van der Waals surface area contributed by atoms with Crippen molar-refractivity contribution in [3.63, 3.8) is 0 Å². The lowest BCUT2D eigenvalue weighted by atomic mass is 9.73. The van der Waals surface area contributed by atoms with Crippen molar-refractivity contribution in [2.45, 2.75) is 276 Å². The van der Waals surface area contributed by atoms with Crippen LogP contribution in [0.3, 0.4) is 0 Å². The minimum atomic E-state index is -2.23. The zero-order valence-electron chi connectivity index (χ0n) is 47.3. The molecule has 1 saturated carbocycles. The summed E-state index contributed by atoms with van der Waals surface area (Å²) in [6.45, 7) is 35.1. The van der Waals surface area contributed by atoms with Crippen molar-refractivity contribution in [3.05, 3.63) is 0 Å². The maximum absolute atomic E-state index is 14.8. The van der Waals surface area contributed by atoms with Crippen molar-refractivity contribution in [3.8, 4) is 0 Å². The number of methoxy groups -OCH3 is 1. The normalized spacial score (nSPS) is 42.7. The molecule has 3 saturated heterocycles. The average molecular weight is 1030 g/mol. The quantitative estimate of drug-likeness (QED) is 0.0614. The van der Waals surface area contributed by atoms with Gasteiger partial charge in [0.1, 0.15) is 17.8 Å². The van der Waals surface area contributed by atoms with Crippen LogP contribution in [0.1, 0.15) is 141 Å². The van der Waals surface area contributed by atoms with Gasteiger partial charge in [-0.3, -0.25) is 4.79 Å². The number of nitrogens with zero attached hydrogens (tertiary/aromatic N) is 2. The van der Waals surface area contributed by atoms with E-state index in [0.29, 0.717) is 25.0 Å². The molecule has 0 aromatic rings. The van der Waals surface area contributed by atoms with E-state index >= 15 is 0 Å². The molecule has 410 valence electrons. The van der Waals surface area contributed by atoms with E-state index in [-0.39, 0.29) is 37.5 Å². The number of hydrogen-bond acceptors (Lipinski definition) is 16. The van der Waals surface area contributed by atoms with Gasteiger partial charge in [-0.25, -0.2) is 0 Å². The van der Waals surface area contributed by atoms with Crippen LogP contribution in [0.4, 0.5) is 0 Å². The van der Waals surface area contributed by atoms with Crippen LogP contribution in [0.5, 0.6) is 0 Å². The first-order valence-electron chi connectivity index (χ1n) is 26.6. The number of cyclic esters (lactones) is 1. The summed E-state index contributed by atoms with van der Waals surface area (Å²) < 4.78 is 60.5. The molecule has 4 aliphatic rings. The second-order valence-corrected chi connectivity index (χ2v) is 33.6. The second kappa shape index (κ2) is 24.3. The lowest BCUT2D eigenvalue weighted by Crippen LogP contribution is -2.62. The van der Waals surface area contributed by atoms with Crippen molar-refractivity contribution in [2.75, 3.05) is 21.2 Å². The van der Waals surface area contributed by atoms with Crippen molar-refractivity contribution < 1.29 is 67.0 Å². The van der Waals surface area contributed by atoms with E-state index in [2.05, 4.69) is 44.2 Å². The highest BCUT2D eigenvalue weighted by atomic mass is 28.4. The topological polar surface area (TPSA) is 186 Å². The lowest BCUT2D eigenvalue weighted by molar-refractivity contribution is -0.315. The van der Waals surface area contributed by atoms with Gasteiger partial charge in [0, 0.05) is 50.2 Å². The third-order valence-corrected chi connectivity index (χ3v) is 17.1. The Balaban J connectivity index is 1.96. The van der Waals surface area contributed by atoms with Crippen LogP contribution in [0, 0.1) is 23.7 Å². The minimum absolute atomic E-state index is 0.0531. The average Bonchev–Trinajstić information content (AvgIpc) is 3.23. The summed E-state index contributed by atoms with van der Waals surface area (Å²) in [5.41, 5.74) is -4.07. The van der Waals surface area contributed by atoms with Gasteiger partial charge < -0.3 is 67.1 Å².